The molecule has 2 N–H and O–H groups in total. The molecule has 0 spiro atoms. The molecule has 0 fully saturated rings. The number of pyridine rings is 1. The number of anilines is 1. The summed E-state index contributed by atoms with van der Waals surface area (Å²) in [6, 6.07) is 14.8. The van der Waals surface area contributed by atoms with Gasteiger partial charge >= 0.3 is 0 Å². The fourth-order valence-corrected chi connectivity index (χ4v) is 4.04. The van der Waals surface area contributed by atoms with Crippen LogP contribution in [0.25, 0.3) is 11.0 Å². The van der Waals surface area contributed by atoms with Crippen molar-refractivity contribution in [3.8, 4) is 0 Å². The molecule has 0 saturated heterocycles. The maximum Gasteiger partial charge on any atom is 0.173 e. The summed E-state index contributed by atoms with van der Waals surface area (Å²) >= 11 is 5.84. The molecule has 2 heterocycles. The van der Waals surface area contributed by atoms with Gasteiger partial charge in [0.15, 0.2) is 5.11 Å². The summed E-state index contributed by atoms with van der Waals surface area (Å²) in [5.41, 5.74) is 9.24. The number of aromatic amines is 1. The Bertz CT molecular complexity index is 1210. The number of nitrogens with one attached hydrogen (secondary N) is 2. The summed E-state index contributed by atoms with van der Waals surface area (Å²) in [6.45, 7) is 9.82. The highest BCUT2D eigenvalue weighted by atomic mass is 32.1. The Labute approximate surface area is 194 Å². The number of aromatic nitrogens is 3. The second-order valence-corrected chi connectivity index (χ2v) is 8.74. The maximum absolute atomic E-state index is 5.84. The lowest BCUT2D eigenvalue weighted by Gasteiger charge is -2.28. The van der Waals surface area contributed by atoms with Crippen LogP contribution < -0.4 is 10.2 Å². The number of rotatable bonds is 6. The first-order valence-corrected chi connectivity index (χ1v) is 11.3. The second kappa shape index (κ2) is 9.49. The number of fused-ring (bicyclic) bond motifs is 1. The number of nitrogens with zero attached hydrogens (tertiary/aromatic N) is 3. The van der Waals surface area contributed by atoms with Gasteiger partial charge in [0.1, 0.15) is 5.82 Å². The molecule has 0 radical (unpaired) electrons. The van der Waals surface area contributed by atoms with Gasteiger partial charge in [-0.15, -0.1) is 0 Å². The molecule has 6 heteroatoms. The first kappa shape index (κ1) is 22.0. The van der Waals surface area contributed by atoms with E-state index in [9.17, 15) is 0 Å². The smallest absolute Gasteiger partial charge is 0.173 e. The number of benzene rings is 2. The molecule has 0 amide bonds. The Morgan fingerprint density at radius 1 is 1.03 bits per heavy atom. The largest absolute Gasteiger partial charge is 0.362 e. The van der Waals surface area contributed by atoms with Gasteiger partial charge in [-0.25, -0.2) is 4.98 Å². The highest BCUT2D eigenvalue weighted by Gasteiger charge is 2.16. The van der Waals surface area contributed by atoms with Crippen molar-refractivity contribution in [2.45, 2.75) is 40.7 Å². The zero-order valence-electron chi connectivity index (χ0n) is 19.1. The quantitative estimate of drug-likeness (QED) is 0.395. The van der Waals surface area contributed by atoms with E-state index in [0.29, 0.717) is 18.2 Å². The Hall–Kier alpha value is -3.25. The maximum atomic E-state index is 5.84. The normalized spacial score (nSPS) is 11.0. The molecule has 2 aromatic heterocycles. The van der Waals surface area contributed by atoms with Gasteiger partial charge in [0.05, 0.1) is 17.6 Å². The molecule has 0 aliphatic rings. The minimum Gasteiger partial charge on any atom is -0.362 e. The van der Waals surface area contributed by atoms with Crippen LogP contribution in [-0.2, 0) is 13.0 Å². The van der Waals surface area contributed by atoms with Crippen LogP contribution in [0.15, 0.2) is 54.9 Å². The summed E-state index contributed by atoms with van der Waals surface area (Å²) in [7, 11) is 0. The molecule has 5 nitrogen and oxygen atoms in total. The monoisotopic (exact) mass is 443 g/mol. The predicted octanol–water partition coefficient (Wildman–Crippen LogP) is 5.32. The van der Waals surface area contributed by atoms with E-state index in [1.807, 2.05) is 12.3 Å². The lowest BCUT2D eigenvalue weighted by Crippen LogP contribution is -2.40. The summed E-state index contributed by atoms with van der Waals surface area (Å²) < 4.78 is 0. The van der Waals surface area contributed by atoms with Crippen molar-refractivity contribution in [2.24, 2.45) is 0 Å². The fraction of sp³-hybridized carbons (Fsp3) is 0.269. The van der Waals surface area contributed by atoms with E-state index in [0.717, 1.165) is 34.5 Å². The van der Waals surface area contributed by atoms with Crippen molar-refractivity contribution in [1.29, 1.82) is 0 Å². The Balaban J connectivity index is 1.49. The highest BCUT2D eigenvalue weighted by Crippen LogP contribution is 2.24. The molecular weight excluding hydrogens is 414 g/mol. The van der Waals surface area contributed by atoms with Crippen molar-refractivity contribution >= 4 is 34.1 Å². The molecule has 4 rings (SSSR count). The van der Waals surface area contributed by atoms with E-state index in [1.54, 1.807) is 6.20 Å². The number of hydrogen-bond acceptors (Lipinski definition) is 3. The molecule has 0 unspecified atom stereocenters. The first-order valence-electron chi connectivity index (χ1n) is 10.9. The van der Waals surface area contributed by atoms with Gasteiger partial charge in [0.25, 0.3) is 0 Å². The van der Waals surface area contributed by atoms with Gasteiger partial charge in [-0.05, 0) is 92.0 Å². The van der Waals surface area contributed by atoms with E-state index >= 15 is 0 Å². The molecule has 0 saturated carbocycles. The number of H-pyrrole nitrogens is 1. The third-order valence-corrected chi connectivity index (χ3v) is 6.11. The summed E-state index contributed by atoms with van der Waals surface area (Å²) in [5.74, 6) is 0.964. The van der Waals surface area contributed by atoms with Gasteiger partial charge in [-0.2, -0.15) is 0 Å². The van der Waals surface area contributed by atoms with Gasteiger partial charge in [0.2, 0.25) is 0 Å². The summed E-state index contributed by atoms with van der Waals surface area (Å²) in [6.07, 6.45) is 4.44. The fourth-order valence-electron chi connectivity index (χ4n) is 3.77. The molecule has 164 valence electrons. The van der Waals surface area contributed by atoms with Gasteiger partial charge in [0, 0.05) is 31.0 Å². The third-order valence-electron chi connectivity index (χ3n) is 5.75. The Morgan fingerprint density at radius 3 is 2.62 bits per heavy atom. The zero-order chi connectivity index (χ0) is 22.7. The van der Waals surface area contributed by atoms with Crippen LogP contribution in [0.4, 0.5) is 5.69 Å². The SMILES string of the molecule is Cc1ccc(C)c(N(Cc2cccnc2)C(=S)NCCc2nc3cc(C)c(C)cc3[nH]2)c1. The van der Waals surface area contributed by atoms with Gasteiger partial charge in [-0.1, -0.05) is 18.2 Å². The van der Waals surface area contributed by atoms with Crippen molar-refractivity contribution in [1.82, 2.24) is 20.3 Å². The lowest BCUT2D eigenvalue weighted by molar-refractivity contribution is 0.813. The molecule has 0 bridgehead atoms. The van der Waals surface area contributed by atoms with E-state index in [1.165, 1.54) is 22.3 Å². The third kappa shape index (κ3) is 4.97. The zero-order valence-corrected chi connectivity index (χ0v) is 19.9. The van der Waals surface area contributed by atoms with Gasteiger partial charge in [-0.3, -0.25) is 4.98 Å². The predicted molar refractivity (Wildman–Crippen MR) is 136 cm³/mol. The summed E-state index contributed by atoms with van der Waals surface area (Å²) in [4.78, 5) is 14.6. The number of thiocarbonyl (C=S) groups is 1. The van der Waals surface area contributed by atoms with Crippen LogP contribution >= 0.6 is 12.2 Å². The highest BCUT2D eigenvalue weighted by molar-refractivity contribution is 7.80. The number of imidazole rings is 1. The van der Waals surface area contributed by atoms with Crippen molar-refractivity contribution in [2.75, 3.05) is 11.4 Å². The summed E-state index contributed by atoms with van der Waals surface area (Å²) in [5, 5.41) is 4.14. The molecule has 32 heavy (non-hydrogen) atoms. The molecule has 4 aromatic rings. The Morgan fingerprint density at radius 2 is 1.84 bits per heavy atom. The van der Waals surface area contributed by atoms with E-state index < -0.39 is 0 Å². The minimum atomic E-state index is 0.660. The topological polar surface area (TPSA) is 56.8 Å². The van der Waals surface area contributed by atoms with Crippen LogP contribution in [-0.4, -0.2) is 26.6 Å². The van der Waals surface area contributed by atoms with Crippen LogP contribution in [0.3, 0.4) is 0 Å². The van der Waals surface area contributed by atoms with Crippen molar-refractivity contribution in [3.05, 3.63) is 88.5 Å². The van der Waals surface area contributed by atoms with Crippen LogP contribution in [0.1, 0.15) is 33.6 Å². The van der Waals surface area contributed by atoms with Gasteiger partial charge < -0.3 is 15.2 Å². The van der Waals surface area contributed by atoms with E-state index in [-0.39, 0.29) is 0 Å². The minimum absolute atomic E-state index is 0.660. The van der Waals surface area contributed by atoms with E-state index in [2.05, 4.69) is 84.3 Å². The van der Waals surface area contributed by atoms with Crippen LogP contribution in [0.2, 0.25) is 0 Å². The molecule has 0 atom stereocenters. The average Bonchev–Trinajstić information content (AvgIpc) is 3.16. The van der Waals surface area contributed by atoms with Crippen molar-refractivity contribution < 1.29 is 0 Å². The average molecular weight is 444 g/mol. The molecule has 0 aliphatic carbocycles. The molecular formula is C26H29N5S. The molecule has 0 aliphatic heterocycles. The number of hydrogen-bond donors (Lipinski definition) is 2. The Kier molecular flexibility index (Phi) is 6.51. The van der Waals surface area contributed by atoms with Crippen LogP contribution in [0.5, 0.6) is 0 Å². The first-order chi connectivity index (χ1) is 15.4. The lowest BCUT2D eigenvalue weighted by atomic mass is 10.1. The number of aryl methyl sites for hydroxylation is 4. The van der Waals surface area contributed by atoms with Crippen molar-refractivity contribution in [3.63, 3.8) is 0 Å². The second-order valence-electron chi connectivity index (χ2n) is 8.36. The van der Waals surface area contributed by atoms with E-state index in [4.69, 9.17) is 17.2 Å². The molecule has 2 aromatic carbocycles. The standard InChI is InChI=1S/C26H29N5S/c1-17-7-8-18(2)24(12-17)31(16-21-6-5-10-27-15-21)26(32)28-11-9-25-29-22-13-19(3)20(4)14-23(22)30-25/h5-8,10,12-15H,9,11,16H2,1-4H3,(H,28,32)(H,29,30). The van der Waals surface area contributed by atoms with Crippen LogP contribution in [0, 0.1) is 27.7 Å².